The van der Waals surface area contributed by atoms with Crippen LogP contribution in [0.4, 0.5) is 0 Å². The molecule has 1 aromatic heterocycles. The van der Waals surface area contributed by atoms with Crippen molar-refractivity contribution < 1.29 is 9.53 Å². The SMILES string of the molecule is CCOCc1ccc(CNC(=O)CSc2ccncc2)cc1. The molecule has 0 unspecified atom stereocenters. The number of pyridine rings is 1. The van der Waals surface area contributed by atoms with E-state index in [2.05, 4.69) is 10.3 Å². The molecular weight excluding hydrogens is 296 g/mol. The number of carbonyl (C=O) groups is 1. The Morgan fingerprint density at radius 1 is 1.14 bits per heavy atom. The number of hydrogen-bond acceptors (Lipinski definition) is 4. The molecule has 1 amide bonds. The summed E-state index contributed by atoms with van der Waals surface area (Å²) in [5.41, 5.74) is 2.23. The molecule has 4 nitrogen and oxygen atoms in total. The standard InChI is InChI=1S/C17H20N2O2S/c1-2-21-12-15-5-3-14(4-6-15)11-19-17(20)13-22-16-7-9-18-10-8-16/h3-10H,2,11-13H2,1H3,(H,19,20). The van der Waals surface area contributed by atoms with Crippen LogP contribution in [0.2, 0.25) is 0 Å². The second-order valence-corrected chi connectivity index (χ2v) is 5.75. The van der Waals surface area contributed by atoms with E-state index in [1.54, 1.807) is 12.4 Å². The maximum absolute atomic E-state index is 11.8. The molecule has 2 rings (SSSR count). The average molecular weight is 316 g/mol. The van der Waals surface area contributed by atoms with Crippen molar-refractivity contribution in [2.24, 2.45) is 0 Å². The molecule has 0 fully saturated rings. The number of rotatable bonds is 8. The Balaban J connectivity index is 1.71. The highest BCUT2D eigenvalue weighted by atomic mass is 32.2. The van der Waals surface area contributed by atoms with Crippen molar-refractivity contribution in [3.63, 3.8) is 0 Å². The van der Waals surface area contributed by atoms with Crippen molar-refractivity contribution in [2.75, 3.05) is 12.4 Å². The van der Waals surface area contributed by atoms with Gasteiger partial charge in [0.1, 0.15) is 0 Å². The van der Waals surface area contributed by atoms with E-state index in [4.69, 9.17) is 4.74 Å². The topological polar surface area (TPSA) is 51.2 Å². The van der Waals surface area contributed by atoms with Crippen molar-refractivity contribution in [3.05, 3.63) is 59.9 Å². The zero-order valence-corrected chi connectivity index (χ0v) is 13.4. The maximum atomic E-state index is 11.8. The average Bonchev–Trinajstić information content (AvgIpc) is 2.58. The van der Waals surface area contributed by atoms with Gasteiger partial charge in [0, 0.05) is 30.4 Å². The first kappa shape index (κ1) is 16.5. The molecular formula is C17H20N2O2S. The number of ether oxygens (including phenoxy) is 1. The van der Waals surface area contributed by atoms with Crippen molar-refractivity contribution in [2.45, 2.75) is 25.0 Å². The molecule has 0 aliphatic carbocycles. The molecule has 0 saturated carbocycles. The zero-order valence-electron chi connectivity index (χ0n) is 12.6. The van der Waals surface area contributed by atoms with Crippen molar-refractivity contribution in [1.82, 2.24) is 10.3 Å². The monoisotopic (exact) mass is 316 g/mol. The molecule has 5 heteroatoms. The molecule has 1 N–H and O–H groups in total. The summed E-state index contributed by atoms with van der Waals surface area (Å²) in [4.78, 5) is 16.8. The lowest BCUT2D eigenvalue weighted by molar-refractivity contribution is -0.118. The van der Waals surface area contributed by atoms with Crippen LogP contribution in [0.1, 0.15) is 18.1 Å². The molecule has 0 aliphatic rings. The summed E-state index contributed by atoms with van der Waals surface area (Å²) in [7, 11) is 0. The van der Waals surface area contributed by atoms with E-state index in [1.807, 2.05) is 43.3 Å². The van der Waals surface area contributed by atoms with Crippen LogP contribution in [0.25, 0.3) is 0 Å². The lowest BCUT2D eigenvalue weighted by Gasteiger charge is -2.07. The maximum Gasteiger partial charge on any atom is 0.230 e. The third kappa shape index (κ3) is 5.87. The first-order valence-corrected chi connectivity index (χ1v) is 8.21. The van der Waals surface area contributed by atoms with Gasteiger partial charge >= 0.3 is 0 Å². The van der Waals surface area contributed by atoms with Gasteiger partial charge in [0.15, 0.2) is 0 Å². The Kier molecular flexibility index (Phi) is 6.93. The smallest absolute Gasteiger partial charge is 0.230 e. The summed E-state index contributed by atoms with van der Waals surface area (Å²) < 4.78 is 5.35. The second-order valence-electron chi connectivity index (χ2n) is 4.70. The third-order valence-electron chi connectivity index (χ3n) is 3.01. The van der Waals surface area contributed by atoms with E-state index in [0.29, 0.717) is 25.5 Å². The van der Waals surface area contributed by atoms with Gasteiger partial charge in [-0.3, -0.25) is 9.78 Å². The number of nitrogens with zero attached hydrogens (tertiary/aromatic N) is 1. The van der Waals surface area contributed by atoms with Gasteiger partial charge in [-0.15, -0.1) is 11.8 Å². The molecule has 0 saturated heterocycles. The van der Waals surface area contributed by atoms with Crippen LogP contribution < -0.4 is 5.32 Å². The summed E-state index contributed by atoms with van der Waals surface area (Å²) in [5, 5.41) is 2.93. The zero-order chi connectivity index (χ0) is 15.6. The number of aromatic nitrogens is 1. The Labute approximate surface area is 135 Å². The van der Waals surface area contributed by atoms with Crippen LogP contribution in [-0.4, -0.2) is 23.3 Å². The van der Waals surface area contributed by atoms with Gasteiger partial charge in [0.25, 0.3) is 0 Å². The van der Waals surface area contributed by atoms with Crippen molar-refractivity contribution in [3.8, 4) is 0 Å². The summed E-state index contributed by atoms with van der Waals surface area (Å²) in [6, 6.07) is 11.9. The van der Waals surface area contributed by atoms with E-state index < -0.39 is 0 Å². The summed E-state index contributed by atoms with van der Waals surface area (Å²) in [6.07, 6.45) is 3.45. The van der Waals surface area contributed by atoms with Crippen molar-refractivity contribution in [1.29, 1.82) is 0 Å². The molecule has 0 spiro atoms. The Morgan fingerprint density at radius 3 is 2.50 bits per heavy atom. The minimum Gasteiger partial charge on any atom is -0.377 e. The fourth-order valence-electron chi connectivity index (χ4n) is 1.81. The van der Waals surface area contributed by atoms with Crippen LogP contribution in [0.5, 0.6) is 0 Å². The summed E-state index contributed by atoms with van der Waals surface area (Å²) in [6.45, 7) is 3.87. The van der Waals surface area contributed by atoms with E-state index in [9.17, 15) is 4.79 Å². The molecule has 0 aliphatic heterocycles. The molecule has 22 heavy (non-hydrogen) atoms. The highest BCUT2D eigenvalue weighted by Crippen LogP contribution is 2.15. The van der Waals surface area contributed by atoms with Crippen molar-refractivity contribution >= 4 is 17.7 Å². The predicted octanol–water partition coefficient (Wildman–Crippen LogP) is 3.03. The van der Waals surface area contributed by atoms with Crippen LogP contribution in [0.15, 0.2) is 53.7 Å². The van der Waals surface area contributed by atoms with Gasteiger partial charge in [-0.1, -0.05) is 24.3 Å². The number of amides is 1. The lowest BCUT2D eigenvalue weighted by Crippen LogP contribution is -2.24. The first-order valence-electron chi connectivity index (χ1n) is 7.23. The summed E-state index contributed by atoms with van der Waals surface area (Å²) in [5.74, 6) is 0.437. The van der Waals surface area contributed by atoms with E-state index >= 15 is 0 Å². The third-order valence-corrected chi connectivity index (χ3v) is 4.02. The molecule has 0 bridgehead atoms. The number of hydrogen-bond donors (Lipinski definition) is 1. The minimum absolute atomic E-state index is 0.0280. The van der Waals surface area contributed by atoms with E-state index in [1.165, 1.54) is 11.8 Å². The second kappa shape index (κ2) is 9.23. The Bertz CT molecular complexity index is 573. The molecule has 2 aromatic rings. The van der Waals surface area contributed by atoms with Gasteiger partial charge in [-0.25, -0.2) is 0 Å². The number of nitrogens with one attached hydrogen (secondary N) is 1. The fraction of sp³-hybridized carbons (Fsp3) is 0.294. The van der Waals surface area contributed by atoms with Crippen LogP contribution in [-0.2, 0) is 22.7 Å². The Hall–Kier alpha value is -1.85. The minimum atomic E-state index is 0.0280. The number of benzene rings is 1. The van der Waals surface area contributed by atoms with Gasteiger partial charge < -0.3 is 10.1 Å². The highest BCUT2D eigenvalue weighted by molar-refractivity contribution is 8.00. The van der Waals surface area contributed by atoms with Crippen LogP contribution in [0, 0.1) is 0 Å². The van der Waals surface area contributed by atoms with Gasteiger partial charge in [0.05, 0.1) is 12.4 Å². The number of thioether (sulfide) groups is 1. The van der Waals surface area contributed by atoms with Gasteiger partial charge in [0.2, 0.25) is 5.91 Å². The predicted molar refractivity (Wildman–Crippen MR) is 88.6 cm³/mol. The number of carbonyl (C=O) groups excluding carboxylic acids is 1. The molecule has 0 radical (unpaired) electrons. The molecule has 116 valence electrons. The largest absolute Gasteiger partial charge is 0.377 e. The van der Waals surface area contributed by atoms with E-state index in [0.717, 1.165) is 16.0 Å². The molecule has 1 aromatic carbocycles. The molecule has 1 heterocycles. The quantitative estimate of drug-likeness (QED) is 0.761. The van der Waals surface area contributed by atoms with Crippen LogP contribution in [0.3, 0.4) is 0 Å². The lowest BCUT2D eigenvalue weighted by atomic mass is 10.1. The van der Waals surface area contributed by atoms with Crippen LogP contribution >= 0.6 is 11.8 Å². The molecule has 0 atom stereocenters. The normalized spacial score (nSPS) is 10.4. The summed E-state index contributed by atoms with van der Waals surface area (Å²) >= 11 is 1.51. The van der Waals surface area contributed by atoms with Gasteiger partial charge in [-0.05, 0) is 30.2 Å². The van der Waals surface area contributed by atoms with Gasteiger partial charge in [-0.2, -0.15) is 0 Å². The van der Waals surface area contributed by atoms with E-state index in [-0.39, 0.29) is 5.91 Å². The Morgan fingerprint density at radius 2 is 1.82 bits per heavy atom. The highest BCUT2D eigenvalue weighted by Gasteiger charge is 2.03. The fourth-order valence-corrected chi connectivity index (χ4v) is 2.52. The first-order chi connectivity index (χ1) is 10.8.